The zero-order valence-corrected chi connectivity index (χ0v) is 20.1. The Bertz CT molecular complexity index is 851. The molecule has 0 unspecified atom stereocenters. The van der Waals surface area contributed by atoms with E-state index in [2.05, 4.69) is 83.3 Å². The first-order valence-electron chi connectivity index (χ1n) is 10.9. The van der Waals surface area contributed by atoms with Crippen LogP contribution in [0, 0.1) is 17.8 Å². The maximum absolute atomic E-state index is 12.7. The van der Waals surface area contributed by atoms with E-state index in [9.17, 15) is 4.79 Å². The van der Waals surface area contributed by atoms with Crippen molar-refractivity contribution in [3.63, 3.8) is 0 Å². The molecule has 1 aliphatic rings. The van der Waals surface area contributed by atoms with Crippen LogP contribution < -0.4 is 5.32 Å². The minimum absolute atomic E-state index is 0. The van der Waals surface area contributed by atoms with Gasteiger partial charge in [-0.1, -0.05) is 39.8 Å². The molecule has 5 nitrogen and oxygen atoms in total. The smallest absolute Gasteiger partial charge is 0.227 e. The number of hydrogen-bond acceptors (Lipinski definition) is 5. The maximum Gasteiger partial charge on any atom is 0.227 e. The predicted molar refractivity (Wildman–Crippen MR) is 133 cm³/mol. The van der Waals surface area contributed by atoms with Crippen molar-refractivity contribution in [1.82, 2.24) is 14.9 Å². The lowest BCUT2D eigenvalue weighted by molar-refractivity contribution is -0.124. The monoisotopic (exact) mass is 488 g/mol. The molecule has 1 aromatic heterocycles. The van der Waals surface area contributed by atoms with Crippen LogP contribution in [0.15, 0.2) is 34.9 Å². The van der Waals surface area contributed by atoms with Crippen molar-refractivity contribution in [3.05, 3.63) is 46.2 Å². The number of rotatable bonds is 9. The molecular weight excluding hydrogens is 452 g/mol. The second-order valence-corrected chi connectivity index (χ2v) is 9.97. The minimum atomic E-state index is 0. The lowest BCUT2D eigenvalue weighted by Crippen LogP contribution is -2.22. The first kappa shape index (κ1) is 25.5. The van der Waals surface area contributed by atoms with Gasteiger partial charge in [-0.3, -0.25) is 4.79 Å². The molecule has 0 saturated heterocycles. The van der Waals surface area contributed by atoms with E-state index in [0.29, 0.717) is 30.0 Å². The maximum atomic E-state index is 12.7. The third kappa shape index (κ3) is 7.39. The fourth-order valence-corrected chi connectivity index (χ4v) is 4.65. The van der Waals surface area contributed by atoms with Crippen LogP contribution >= 0.6 is 15.9 Å². The van der Waals surface area contributed by atoms with Gasteiger partial charge in [0.15, 0.2) is 0 Å². The summed E-state index contributed by atoms with van der Waals surface area (Å²) in [5.41, 5.74) is 3.21. The Hall–Kier alpha value is -1.79. The fraction of sp³-hybridized carbons (Fsp3) is 0.560. The molecule has 1 N–H and O–H groups in total. The third-order valence-electron chi connectivity index (χ3n) is 5.66. The summed E-state index contributed by atoms with van der Waals surface area (Å²) in [5.74, 6) is 1.99. The summed E-state index contributed by atoms with van der Waals surface area (Å²) >= 11 is 3.61. The summed E-state index contributed by atoms with van der Waals surface area (Å²) in [4.78, 5) is 24.0. The summed E-state index contributed by atoms with van der Waals surface area (Å²) in [6, 6.07) is 8.35. The van der Waals surface area contributed by atoms with Gasteiger partial charge in [0.25, 0.3) is 0 Å². The first-order chi connectivity index (χ1) is 14.3. The molecular formula is C25H37BrN4O. The van der Waals surface area contributed by atoms with Gasteiger partial charge >= 0.3 is 0 Å². The Morgan fingerprint density at radius 1 is 1.23 bits per heavy atom. The standard InChI is InChI=1S/C24H33BrN4O.CH4/c1-16(2)12-23(30)20-7-5-6-18(20)13-22-21(25)14-26-24(28-22)27-19-10-8-17(9-11-19)15-29(3)4;/h8-11,14,16,18,20H,5-7,12-13,15H2,1-4H3,(H,26,27,28);1H4/t18-,20-;/m0./s1. The molecule has 1 aromatic carbocycles. The van der Waals surface area contributed by atoms with Gasteiger partial charge in [-0.2, -0.15) is 0 Å². The van der Waals surface area contributed by atoms with Crippen LogP contribution in [-0.4, -0.2) is 34.7 Å². The van der Waals surface area contributed by atoms with Crippen LogP contribution in [0.2, 0.25) is 0 Å². The molecule has 1 fully saturated rings. The number of anilines is 2. The summed E-state index contributed by atoms with van der Waals surface area (Å²) in [6.45, 7) is 5.15. The zero-order chi connectivity index (χ0) is 21.7. The molecule has 0 aliphatic heterocycles. The largest absolute Gasteiger partial charge is 0.324 e. The highest BCUT2D eigenvalue weighted by Gasteiger charge is 2.33. The highest BCUT2D eigenvalue weighted by Crippen LogP contribution is 2.37. The van der Waals surface area contributed by atoms with Crippen LogP contribution in [0.3, 0.4) is 0 Å². The van der Waals surface area contributed by atoms with E-state index < -0.39 is 0 Å². The molecule has 0 amide bonds. The number of halogens is 1. The SMILES string of the molecule is C.CC(C)CC(=O)[C@H]1CCC[C@H]1Cc1nc(Nc2ccc(CN(C)C)cc2)ncc1Br. The summed E-state index contributed by atoms with van der Waals surface area (Å²) in [6.07, 6.45) is 6.55. The molecule has 6 heteroatoms. The number of nitrogens with one attached hydrogen (secondary N) is 1. The molecule has 3 rings (SSSR count). The van der Waals surface area contributed by atoms with E-state index in [1.807, 2.05) is 6.20 Å². The van der Waals surface area contributed by atoms with Crippen molar-refractivity contribution in [2.45, 2.75) is 59.9 Å². The quantitative estimate of drug-likeness (QED) is 0.451. The summed E-state index contributed by atoms with van der Waals surface area (Å²) < 4.78 is 0.913. The van der Waals surface area contributed by atoms with Gasteiger partial charge < -0.3 is 10.2 Å². The number of carbonyl (C=O) groups is 1. The van der Waals surface area contributed by atoms with E-state index in [1.165, 1.54) is 5.56 Å². The molecule has 0 spiro atoms. The normalized spacial score (nSPS) is 18.3. The Balaban J connectivity index is 0.00000341. The first-order valence-corrected chi connectivity index (χ1v) is 11.7. The van der Waals surface area contributed by atoms with Gasteiger partial charge in [0.2, 0.25) is 5.95 Å². The van der Waals surface area contributed by atoms with Gasteiger partial charge in [0.05, 0.1) is 10.2 Å². The Morgan fingerprint density at radius 3 is 2.58 bits per heavy atom. The molecule has 0 bridgehead atoms. The van der Waals surface area contributed by atoms with Gasteiger partial charge in [0, 0.05) is 30.8 Å². The average molecular weight is 490 g/mol. The van der Waals surface area contributed by atoms with Gasteiger partial charge in [-0.05, 0) is 78.8 Å². The van der Waals surface area contributed by atoms with E-state index in [0.717, 1.165) is 48.1 Å². The Morgan fingerprint density at radius 2 is 1.94 bits per heavy atom. The van der Waals surface area contributed by atoms with Crippen molar-refractivity contribution in [1.29, 1.82) is 0 Å². The van der Waals surface area contributed by atoms with Crippen LogP contribution in [0.5, 0.6) is 0 Å². The van der Waals surface area contributed by atoms with Crippen molar-refractivity contribution >= 4 is 33.3 Å². The number of carbonyl (C=O) groups excluding carboxylic acids is 1. The molecule has 2 atom stereocenters. The van der Waals surface area contributed by atoms with Crippen molar-refractivity contribution in [2.24, 2.45) is 17.8 Å². The third-order valence-corrected chi connectivity index (χ3v) is 6.33. The fourth-order valence-electron chi connectivity index (χ4n) is 4.30. The van der Waals surface area contributed by atoms with Gasteiger partial charge in [-0.15, -0.1) is 0 Å². The molecule has 2 aromatic rings. The molecule has 170 valence electrons. The second kappa shape index (κ2) is 11.7. The number of Topliss-reactive ketones (excluding diaryl/α,β-unsaturated/α-hetero) is 1. The highest BCUT2D eigenvalue weighted by atomic mass is 79.9. The predicted octanol–water partition coefficient (Wildman–Crippen LogP) is 6.25. The van der Waals surface area contributed by atoms with E-state index in [-0.39, 0.29) is 13.3 Å². The Kier molecular flexibility index (Phi) is 9.63. The van der Waals surface area contributed by atoms with Crippen LogP contribution in [0.4, 0.5) is 11.6 Å². The Labute approximate surface area is 196 Å². The lowest BCUT2D eigenvalue weighted by atomic mass is 9.85. The van der Waals surface area contributed by atoms with Crippen molar-refractivity contribution in [2.75, 3.05) is 19.4 Å². The lowest BCUT2D eigenvalue weighted by Gasteiger charge is -2.20. The summed E-state index contributed by atoms with van der Waals surface area (Å²) in [5, 5.41) is 3.31. The zero-order valence-electron chi connectivity index (χ0n) is 18.5. The number of ketones is 1. The highest BCUT2D eigenvalue weighted by molar-refractivity contribution is 9.10. The molecule has 1 heterocycles. The topological polar surface area (TPSA) is 58.1 Å². The second-order valence-electron chi connectivity index (χ2n) is 9.11. The summed E-state index contributed by atoms with van der Waals surface area (Å²) in [7, 11) is 4.13. The van der Waals surface area contributed by atoms with Crippen molar-refractivity contribution in [3.8, 4) is 0 Å². The van der Waals surface area contributed by atoms with Crippen LogP contribution in [-0.2, 0) is 17.8 Å². The molecule has 1 aliphatic carbocycles. The number of nitrogens with zero attached hydrogens (tertiary/aromatic N) is 3. The van der Waals surface area contributed by atoms with Crippen molar-refractivity contribution < 1.29 is 4.79 Å². The van der Waals surface area contributed by atoms with Crippen LogP contribution in [0.1, 0.15) is 58.2 Å². The van der Waals surface area contributed by atoms with E-state index in [4.69, 9.17) is 4.98 Å². The van der Waals surface area contributed by atoms with E-state index >= 15 is 0 Å². The number of hydrogen-bond donors (Lipinski definition) is 1. The molecule has 1 saturated carbocycles. The van der Waals surface area contributed by atoms with Gasteiger partial charge in [0.1, 0.15) is 5.78 Å². The van der Waals surface area contributed by atoms with Crippen LogP contribution in [0.25, 0.3) is 0 Å². The minimum Gasteiger partial charge on any atom is -0.324 e. The van der Waals surface area contributed by atoms with Gasteiger partial charge in [-0.25, -0.2) is 9.97 Å². The number of aromatic nitrogens is 2. The van der Waals surface area contributed by atoms with E-state index in [1.54, 1.807) is 0 Å². The number of benzene rings is 1. The molecule has 31 heavy (non-hydrogen) atoms. The average Bonchev–Trinajstić information content (AvgIpc) is 3.13. The molecule has 0 radical (unpaired) electrons.